The third-order valence-electron chi connectivity index (χ3n) is 2.65. The Hall–Kier alpha value is -1.26. The summed E-state index contributed by atoms with van der Waals surface area (Å²) >= 11 is 11.7. The van der Waals surface area contributed by atoms with Crippen LogP contribution in [0.3, 0.4) is 0 Å². The van der Waals surface area contributed by atoms with Gasteiger partial charge in [-0.1, -0.05) is 23.2 Å². The first-order valence-electron chi connectivity index (χ1n) is 5.58. The van der Waals surface area contributed by atoms with Crippen molar-refractivity contribution in [1.29, 1.82) is 0 Å². The predicted molar refractivity (Wildman–Crippen MR) is 70.9 cm³/mol. The molecule has 0 aliphatic carbocycles. The molecule has 1 aliphatic rings. The Morgan fingerprint density at radius 3 is 2.50 bits per heavy atom. The number of hydrogen-bond donors (Lipinski definition) is 1. The number of hydrogen-bond acceptors (Lipinski definition) is 2. The summed E-state index contributed by atoms with van der Waals surface area (Å²) in [6, 6.07) is 4.80. The molecule has 1 aliphatic heterocycles. The normalized spacial score (nSPS) is 15.0. The lowest BCUT2D eigenvalue weighted by Crippen LogP contribution is -2.33. The minimum atomic E-state index is -0.247. The topological polar surface area (TPSA) is 49.4 Å². The van der Waals surface area contributed by atoms with E-state index in [-0.39, 0.29) is 18.4 Å². The Kier molecular flexibility index (Phi) is 4.09. The molecule has 0 spiro atoms. The standard InChI is InChI=1S/C12H12Cl2N2O2/c13-8-4-9(14)6-10(5-8)15-11(17)7-16-3-1-2-12(16)18/h4-6H,1-3,7H2,(H,15,17). The van der Waals surface area contributed by atoms with E-state index in [1.165, 1.54) is 0 Å². The second-order valence-electron chi connectivity index (χ2n) is 4.13. The third kappa shape index (κ3) is 3.37. The number of halogens is 2. The fourth-order valence-electron chi connectivity index (χ4n) is 1.87. The molecule has 96 valence electrons. The Morgan fingerprint density at radius 1 is 1.28 bits per heavy atom. The molecule has 0 aromatic heterocycles. The van der Waals surface area contributed by atoms with Gasteiger partial charge in [0.25, 0.3) is 0 Å². The zero-order valence-corrected chi connectivity index (χ0v) is 11.1. The SMILES string of the molecule is O=C(CN1CCCC1=O)Nc1cc(Cl)cc(Cl)c1. The van der Waals surface area contributed by atoms with Crippen LogP contribution in [0.4, 0.5) is 5.69 Å². The van der Waals surface area contributed by atoms with E-state index in [1.54, 1.807) is 23.1 Å². The van der Waals surface area contributed by atoms with Gasteiger partial charge in [0.1, 0.15) is 0 Å². The number of rotatable bonds is 3. The van der Waals surface area contributed by atoms with Crippen LogP contribution in [0, 0.1) is 0 Å². The maximum absolute atomic E-state index is 11.7. The van der Waals surface area contributed by atoms with E-state index in [9.17, 15) is 9.59 Å². The van der Waals surface area contributed by atoms with Crippen LogP contribution in [-0.2, 0) is 9.59 Å². The Balaban J connectivity index is 1.96. The largest absolute Gasteiger partial charge is 0.333 e. The lowest BCUT2D eigenvalue weighted by Gasteiger charge is -2.15. The highest BCUT2D eigenvalue weighted by molar-refractivity contribution is 6.35. The van der Waals surface area contributed by atoms with E-state index in [0.29, 0.717) is 28.7 Å². The summed E-state index contributed by atoms with van der Waals surface area (Å²) in [4.78, 5) is 24.7. The molecule has 1 N–H and O–H groups in total. The lowest BCUT2D eigenvalue weighted by molar-refractivity contribution is -0.131. The Bertz CT molecular complexity index is 471. The van der Waals surface area contributed by atoms with Gasteiger partial charge in [-0.25, -0.2) is 0 Å². The van der Waals surface area contributed by atoms with Gasteiger partial charge in [-0.05, 0) is 24.6 Å². The lowest BCUT2D eigenvalue weighted by atomic mass is 10.3. The smallest absolute Gasteiger partial charge is 0.243 e. The molecule has 18 heavy (non-hydrogen) atoms. The van der Waals surface area contributed by atoms with Crippen molar-refractivity contribution in [2.45, 2.75) is 12.8 Å². The third-order valence-corrected chi connectivity index (χ3v) is 3.09. The molecule has 2 rings (SSSR count). The van der Waals surface area contributed by atoms with Crippen LogP contribution < -0.4 is 5.32 Å². The number of nitrogens with one attached hydrogen (secondary N) is 1. The average Bonchev–Trinajstić information content (AvgIpc) is 2.62. The fourth-order valence-corrected chi connectivity index (χ4v) is 2.40. The van der Waals surface area contributed by atoms with Gasteiger partial charge in [-0.3, -0.25) is 9.59 Å². The Labute approximate surface area is 115 Å². The molecule has 0 saturated carbocycles. The van der Waals surface area contributed by atoms with E-state index < -0.39 is 0 Å². The molecule has 1 aromatic carbocycles. The number of amides is 2. The summed E-state index contributed by atoms with van der Waals surface area (Å²) in [5.41, 5.74) is 0.532. The Morgan fingerprint density at radius 2 is 1.94 bits per heavy atom. The van der Waals surface area contributed by atoms with Crippen molar-refractivity contribution in [3.63, 3.8) is 0 Å². The van der Waals surface area contributed by atoms with E-state index in [2.05, 4.69) is 5.32 Å². The van der Waals surface area contributed by atoms with Crippen molar-refractivity contribution in [3.8, 4) is 0 Å². The van der Waals surface area contributed by atoms with Gasteiger partial charge in [0, 0.05) is 28.7 Å². The van der Waals surface area contributed by atoms with E-state index in [1.807, 2.05) is 0 Å². The molecule has 1 heterocycles. The van der Waals surface area contributed by atoms with Gasteiger partial charge in [-0.2, -0.15) is 0 Å². The summed E-state index contributed by atoms with van der Waals surface area (Å²) in [5.74, 6) is -0.224. The second kappa shape index (κ2) is 5.59. The van der Waals surface area contributed by atoms with Crippen molar-refractivity contribution in [1.82, 2.24) is 4.90 Å². The summed E-state index contributed by atoms with van der Waals surface area (Å²) in [6.07, 6.45) is 1.34. The highest BCUT2D eigenvalue weighted by atomic mass is 35.5. The first-order chi connectivity index (χ1) is 8.54. The summed E-state index contributed by atoms with van der Waals surface area (Å²) in [6.45, 7) is 0.714. The zero-order valence-electron chi connectivity index (χ0n) is 9.58. The van der Waals surface area contributed by atoms with Gasteiger partial charge in [0.05, 0.1) is 6.54 Å². The number of anilines is 1. The molecule has 6 heteroatoms. The van der Waals surface area contributed by atoms with Gasteiger partial charge in [0.15, 0.2) is 0 Å². The van der Waals surface area contributed by atoms with Crippen LogP contribution in [0.15, 0.2) is 18.2 Å². The van der Waals surface area contributed by atoms with Crippen LogP contribution >= 0.6 is 23.2 Å². The molecule has 0 unspecified atom stereocenters. The summed E-state index contributed by atoms with van der Waals surface area (Å²) in [5, 5.41) is 3.58. The maximum Gasteiger partial charge on any atom is 0.243 e. The van der Waals surface area contributed by atoms with Crippen molar-refractivity contribution in [3.05, 3.63) is 28.2 Å². The molecule has 1 saturated heterocycles. The van der Waals surface area contributed by atoms with Gasteiger partial charge in [0.2, 0.25) is 11.8 Å². The van der Waals surface area contributed by atoms with E-state index >= 15 is 0 Å². The molecular weight excluding hydrogens is 275 g/mol. The van der Waals surface area contributed by atoms with Crippen LogP contribution in [0.5, 0.6) is 0 Å². The molecule has 2 amide bonds. The number of benzene rings is 1. The van der Waals surface area contributed by atoms with Crippen LogP contribution in [0.2, 0.25) is 10.0 Å². The average molecular weight is 287 g/mol. The van der Waals surface area contributed by atoms with Gasteiger partial charge < -0.3 is 10.2 Å². The minimum Gasteiger partial charge on any atom is -0.333 e. The molecule has 4 nitrogen and oxygen atoms in total. The van der Waals surface area contributed by atoms with Gasteiger partial charge >= 0.3 is 0 Å². The van der Waals surface area contributed by atoms with Crippen molar-refractivity contribution >= 4 is 40.7 Å². The van der Waals surface area contributed by atoms with Gasteiger partial charge in [-0.15, -0.1) is 0 Å². The van der Waals surface area contributed by atoms with Crippen LogP contribution in [0.25, 0.3) is 0 Å². The molecular formula is C12H12Cl2N2O2. The zero-order chi connectivity index (χ0) is 13.1. The molecule has 0 bridgehead atoms. The second-order valence-corrected chi connectivity index (χ2v) is 5.00. The highest BCUT2D eigenvalue weighted by Gasteiger charge is 2.22. The quantitative estimate of drug-likeness (QED) is 0.928. The van der Waals surface area contributed by atoms with Crippen LogP contribution in [-0.4, -0.2) is 29.8 Å². The van der Waals surface area contributed by atoms with Crippen molar-refractivity contribution in [2.24, 2.45) is 0 Å². The molecule has 1 fully saturated rings. The maximum atomic E-state index is 11.7. The predicted octanol–water partition coefficient (Wildman–Crippen LogP) is 2.55. The number of carbonyl (C=O) groups excluding carboxylic acids is 2. The van der Waals surface area contributed by atoms with E-state index in [0.717, 1.165) is 6.42 Å². The van der Waals surface area contributed by atoms with Crippen molar-refractivity contribution < 1.29 is 9.59 Å². The molecule has 0 radical (unpaired) electrons. The fraction of sp³-hybridized carbons (Fsp3) is 0.333. The number of carbonyl (C=O) groups is 2. The van der Waals surface area contributed by atoms with Crippen LogP contribution in [0.1, 0.15) is 12.8 Å². The molecule has 0 atom stereocenters. The van der Waals surface area contributed by atoms with Crippen molar-refractivity contribution in [2.75, 3.05) is 18.4 Å². The molecule has 1 aromatic rings. The summed E-state index contributed by atoms with van der Waals surface area (Å²) in [7, 11) is 0. The first kappa shape index (κ1) is 13.2. The highest BCUT2D eigenvalue weighted by Crippen LogP contribution is 2.22. The number of nitrogens with zero attached hydrogens (tertiary/aromatic N) is 1. The number of likely N-dealkylation sites (tertiary alicyclic amines) is 1. The monoisotopic (exact) mass is 286 g/mol. The van der Waals surface area contributed by atoms with E-state index in [4.69, 9.17) is 23.2 Å². The summed E-state index contributed by atoms with van der Waals surface area (Å²) < 4.78 is 0. The minimum absolute atomic E-state index is 0.0225. The first-order valence-corrected chi connectivity index (χ1v) is 6.34.